The molecule has 2 aliphatic carbocycles. The highest BCUT2D eigenvalue weighted by Gasteiger charge is 2.35. The van der Waals surface area contributed by atoms with Gasteiger partial charge in [0.15, 0.2) is 0 Å². The van der Waals surface area contributed by atoms with Crippen molar-refractivity contribution in [1.82, 2.24) is 5.32 Å². The number of carbonyl (C=O) groups excluding carboxylic acids is 2. The van der Waals surface area contributed by atoms with E-state index < -0.39 is 11.9 Å². The summed E-state index contributed by atoms with van der Waals surface area (Å²) in [7, 11) is 0. The highest BCUT2D eigenvalue weighted by atomic mass is 16.2. The van der Waals surface area contributed by atoms with Crippen LogP contribution in [0.15, 0.2) is 41.6 Å². The fourth-order valence-corrected chi connectivity index (χ4v) is 4.18. The van der Waals surface area contributed by atoms with Crippen LogP contribution in [0.3, 0.4) is 0 Å². The van der Waals surface area contributed by atoms with Crippen molar-refractivity contribution in [2.24, 2.45) is 11.6 Å². The van der Waals surface area contributed by atoms with Crippen molar-refractivity contribution < 1.29 is 9.59 Å². The molecule has 0 aromatic heterocycles. The number of hydrazine groups is 1. The van der Waals surface area contributed by atoms with Gasteiger partial charge in [0.25, 0.3) is 0 Å². The minimum Gasteiger partial charge on any atom is -0.399 e. The van der Waals surface area contributed by atoms with E-state index in [4.69, 9.17) is 18.0 Å². The maximum atomic E-state index is 13.4. The van der Waals surface area contributed by atoms with Crippen LogP contribution in [0.2, 0.25) is 0 Å². The predicted molar refractivity (Wildman–Crippen MR) is 119 cm³/mol. The Hall–Kier alpha value is -3.24. The molecule has 0 radical (unpaired) electrons. The van der Waals surface area contributed by atoms with Crippen LogP contribution in [-0.2, 0) is 9.59 Å². The number of amides is 2. The van der Waals surface area contributed by atoms with Crippen molar-refractivity contribution in [2.75, 3.05) is 10.3 Å². The molecule has 0 aliphatic heterocycles. The van der Waals surface area contributed by atoms with Gasteiger partial charge >= 0.3 is 5.91 Å². The van der Waals surface area contributed by atoms with Crippen LogP contribution in [0.25, 0.3) is 0 Å². The molecule has 1 aromatic carbocycles. The highest BCUT2D eigenvalue weighted by molar-refractivity contribution is 6.10. The molecule has 0 spiro atoms. The number of benzene rings is 1. The van der Waals surface area contributed by atoms with Gasteiger partial charge in [-0.25, -0.2) is 0 Å². The molecule has 0 saturated heterocycles. The molecule has 1 atom stereocenters. The number of hydrogen-bond donors (Lipinski definition) is 4. The number of carbonyl (C=O) groups is 2. The summed E-state index contributed by atoms with van der Waals surface area (Å²) in [5, 5.41) is 3.12. The zero-order valence-electron chi connectivity index (χ0n) is 17.3. The Morgan fingerprint density at radius 3 is 2.63 bits per heavy atom. The number of aryl methyl sites for hydroxylation is 1. The maximum Gasteiger partial charge on any atom is 0.303 e. The molecule has 0 bridgehead atoms. The number of allylic oxidation sites excluding steroid dienone is 2. The summed E-state index contributed by atoms with van der Waals surface area (Å²) < 4.78 is 0. The molecule has 1 saturated carbocycles. The molecule has 1 aromatic rings. The fourth-order valence-electron chi connectivity index (χ4n) is 4.18. The Labute approximate surface area is 177 Å². The number of rotatable bonds is 6. The normalized spacial score (nSPS) is 17.4. The second-order valence-corrected chi connectivity index (χ2v) is 7.82. The minimum absolute atomic E-state index is 0.116. The van der Waals surface area contributed by atoms with Gasteiger partial charge in [0.1, 0.15) is 6.04 Å². The predicted octanol–water partition coefficient (Wildman–Crippen LogP) is 2.24. The number of nitrogen functional groups attached to an aromatic ring is 1. The van der Waals surface area contributed by atoms with Gasteiger partial charge in [-0.05, 0) is 73.9 Å². The van der Waals surface area contributed by atoms with Crippen molar-refractivity contribution in [3.05, 3.63) is 47.2 Å². The molecule has 0 heterocycles. The van der Waals surface area contributed by atoms with E-state index in [9.17, 15) is 9.59 Å². The monoisotopic (exact) mass is 407 g/mol. The van der Waals surface area contributed by atoms with Crippen LogP contribution in [0.4, 0.5) is 11.4 Å². The van der Waals surface area contributed by atoms with Gasteiger partial charge in [0.2, 0.25) is 5.91 Å². The van der Waals surface area contributed by atoms with E-state index in [2.05, 4.69) is 16.7 Å². The number of anilines is 2. The SMILES string of the molecule is C#CC(=O)N(c1ccc(NN)c(C)c1)C(C(=O)NC1CCCC1)C1=CC(N)=CCC1. The lowest BCUT2D eigenvalue weighted by Gasteiger charge is -2.33. The minimum atomic E-state index is -0.863. The second kappa shape index (κ2) is 9.51. The fraction of sp³-hybridized carbons (Fsp3) is 0.391. The zero-order chi connectivity index (χ0) is 21.7. The quantitative estimate of drug-likeness (QED) is 0.328. The number of terminal acetylenes is 1. The lowest BCUT2D eigenvalue weighted by molar-refractivity contribution is -0.124. The lowest BCUT2D eigenvalue weighted by Crippen LogP contribution is -2.52. The summed E-state index contributed by atoms with van der Waals surface area (Å²) in [6, 6.07) is 4.54. The summed E-state index contributed by atoms with van der Waals surface area (Å²) >= 11 is 0. The summed E-state index contributed by atoms with van der Waals surface area (Å²) in [5.41, 5.74) is 12.1. The van der Waals surface area contributed by atoms with Crippen LogP contribution in [-0.4, -0.2) is 23.9 Å². The van der Waals surface area contributed by atoms with E-state index in [-0.39, 0.29) is 11.9 Å². The van der Waals surface area contributed by atoms with E-state index in [0.29, 0.717) is 24.2 Å². The van der Waals surface area contributed by atoms with Crippen molar-refractivity contribution >= 4 is 23.2 Å². The summed E-state index contributed by atoms with van der Waals surface area (Å²) in [6.45, 7) is 1.87. The Morgan fingerprint density at radius 1 is 1.30 bits per heavy atom. The maximum absolute atomic E-state index is 13.4. The van der Waals surface area contributed by atoms with Gasteiger partial charge in [-0.2, -0.15) is 0 Å². The summed E-state index contributed by atoms with van der Waals surface area (Å²) in [4.78, 5) is 27.7. The van der Waals surface area contributed by atoms with Gasteiger partial charge in [0.05, 0.1) is 5.69 Å². The summed E-state index contributed by atoms with van der Waals surface area (Å²) in [5.74, 6) is 6.91. The molecule has 1 fully saturated rings. The zero-order valence-corrected chi connectivity index (χ0v) is 17.3. The molecule has 158 valence electrons. The van der Waals surface area contributed by atoms with Crippen LogP contribution in [0.5, 0.6) is 0 Å². The Morgan fingerprint density at radius 2 is 2.03 bits per heavy atom. The average molecular weight is 408 g/mol. The van der Waals surface area contributed by atoms with Crippen LogP contribution >= 0.6 is 0 Å². The average Bonchev–Trinajstić information content (AvgIpc) is 3.24. The van der Waals surface area contributed by atoms with E-state index in [1.165, 1.54) is 4.90 Å². The molecule has 7 heteroatoms. The number of nitrogens with one attached hydrogen (secondary N) is 2. The Bertz CT molecular complexity index is 922. The van der Waals surface area contributed by atoms with Crippen molar-refractivity contribution in [3.63, 3.8) is 0 Å². The molecule has 2 aliphatic rings. The summed E-state index contributed by atoms with van der Waals surface area (Å²) in [6.07, 6.45) is 14.6. The number of nitrogens with zero attached hydrogens (tertiary/aromatic N) is 1. The largest absolute Gasteiger partial charge is 0.399 e. The standard InChI is InChI=1S/C23H29N5O2/c1-3-21(29)28(19-11-12-20(27-25)15(2)13-19)22(16-7-6-8-17(24)14-16)23(30)26-18-9-4-5-10-18/h1,8,11-14,18,22,27H,4-7,9-10,24-25H2,2H3,(H,26,30). The van der Waals surface area contributed by atoms with E-state index >= 15 is 0 Å². The molecule has 30 heavy (non-hydrogen) atoms. The third-order valence-corrected chi connectivity index (χ3v) is 5.71. The van der Waals surface area contributed by atoms with Gasteiger partial charge in [0, 0.05) is 17.4 Å². The molecular weight excluding hydrogens is 378 g/mol. The smallest absolute Gasteiger partial charge is 0.303 e. The number of nitrogens with two attached hydrogens (primary N) is 2. The molecule has 2 amide bonds. The van der Waals surface area contributed by atoms with Crippen LogP contribution < -0.4 is 27.2 Å². The number of hydrogen-bond acceptors (Lipinski definition) is 5. The molecular formula is C23H29N5O2. The first-order valence-electron chi connectivity index (χ1n) is 10.3. The first-order valence-corrected chi connectivity index (χ1v) is 10.3. The van der Waals surface area contributed by atoms with Crippen LogP contribution in [0.1, 0.15) is 44.1 Å². The second-order valence-electron chi connectivity index (χ2n) is 7.82. The Kier molecular flexibility index (Phi) is 6.80. The first kappa shape index (κ1) is 21.5. The van der Waals surface area contributed by atoms with Gasteiger partial charge in [-0.15, -0.1) is 6.42 Å². The van der Waals surface area contributed by atoms with Gasteiger partial charge < -0.3 is 16.5 Å². The third kappa shape index (κ3) is 4.66. The van der Waals surface area contributed by atoms with E-state index in [1.807, 2.05) is 13.0 Å². The lowest BCUT2D eigenvalue weighted by atomic mass is 9.93. The first-order chi connectivity index (χ1) is 14.4. The molecule has 3 rings (SSSR count). The molecule has 6 N–H and O–H groups in total. The van der Waals surface area contributed by atoms with Crippen LogP contribution in [0, 0.1) is 19.3 Å². The Balaban J connectivity index is 2.05. The van der Waals surface area contributed by atoms with E-state index in [1.54, 1.807) is 24.3 Å². The van der Waals surface area contributed by atoms with E-state index in [0.717, 1.165) is 42.5 Å². The van der Waals surface area contributed by atoms with Crippen molar-refractivity contribution in [3.8, 4) is 12.3 Å². The van der Waals surface area contributed by atoms with Gasteiger partial charge in [-0.3, -0.25) is 20.3 Å². The topological polar surface area (TPSA) is 113 Å². The van der Waals surface area contributed by atoms with Crippen molar-refractivity contribution in [1.29, 1.82) is 0 Å². The third-order valence-electron chi connectivity index (χ3n) is 5.71. The molecule has 7 nitrogen and oxygen atoms in total. The highest BCUT2D eigenvalue weighted by Crippen LogP contribution is 2.30. The van der Waals surface area contributed by atoms with Crippen molar-refractivity contribution in [2.45, 2.75) is 57.5 Å². The van der Waals surface area contributed by atoms with Gasteiger partial charge in [-0.1, -0.05) is 18.9 Å². The molecule has 1 unspecified atom stereocenters.